The summed E-state index contributed by atoms with van der Waals surface area (Å²) in [5.41, 5.74) is 0.598. The van der Waals surface area contributed by atoms with E-state index in [9.17, 15) is 4.79 Å². The highest BCUT2D eigenvalue weighted by molar-refractivity contribution is 6.33. The first-order valence-corrected chi connectivity index (χ1v) is 6.69. The van der Waals surface area contributed by atoms with Crippen LogP contribution in [-0.2, 0) is 7.05 Å². The molecular weight excluding hydrogens is 299 g/mol. The lowest BCUT2D eigenvalue weighted by Gasteiger charge is -2.19. The molecule has 102 valence electrons. The van der Waals surface area contributed by atoms with Gasteiger partial charge in [0.2, 0.25) is 0 Å². The van der Waals surface area contributed by atoms with E-state index >= 15 is 0 Å². The standard InChI is InChI=1S/C13H10Cl2N4O/c1-19-11-9(6-16-13(15)18-11)17-10(12(19)20)7-4-2-3-5-8(7)14/h2-6,13,18H,1H3. The normalized spacial score (nSPS) is 16.6. The molecule has 5 nitrogen and oxygen atoms in total. The van der Waals surface area contributed by atoms with Gasteiger partial charge in [0.1, 0.15) is 17.2 Å². The fourth-order valence-electron chi connectivity index (χ4n) is 2.03. The lowest BCUT2D eigenvalue weighted by atomic mass is 10.1. The first-order valence-electron chi connectivity index (χ1n) is 5.87. The quantitative estimate of drug-likeness (QED) is 0.650. The van der Waals surface area contributed by atoms with E-state index in [0.717, 1.165) is 0 Å². The SMILES string of the molecule is Cn1c2c(nc(-c3ccccc3Cl)c1=O)C=NC(Cl)N2. The first-order chi connectivity index (χ1) is 9.58. The number of aromatic nitrogens is 2. The van der Waals surface area contributed by atoms with Crippen LogP contribution in [0.4, 0.5) is 5.82 Å². The molecule has 0 amide bonds. The molecule has 7 heteroatoms. The van der Waals surface area contributed by atoms with Gasteiger partial charge in [-0.1, -0.05) is 41.4 Å². The predicted molar refractivity (Wildman–Crippen MR) is 80.8 cm³/mol. The number of alkyl halides is 1. The summed E-state index contributed by atoms with van der Waals surface area (Å²) in [6.45, 7) is 0. The third-order valence-electron chi connectivity index (χ3n) is 3.03. The number of nitrogens with zero attached hydrogens (tertiary/aromatic N) is 3. The van der Waals surface area contributed by atoms with Crippen LogP contribution in [0, 0.1) is 0 Å². The third kappa shape index (κ3) is 2.09. The summed E-state index contributed by atoms with van der Waals surface area (Å²) in [7, 11) is 1.65. The van der Waals surface area contributed by atoms with Gasteiger partial charge in [0.15, 0.2) is 5.62 Å². The molecule has 2 heterocycles. The zero-order valence-electron chi connectivity index (χ0n) is 10.5. The molecule has 0 saturated heterocycles. The molecule has 1 aliphatic heterocycles. The Morgan fingerprint density at radius 2 is 2.10 bits per heavy atom. The largest absolute Gasteiger partial charge is 0.335 e. The van der Waals surface area contributed by atoms with Crippen molar-refractivity contribution in [3.05, 3.63) is 45.3 Å². The summed E-state index contributed by atoms with van der Waals surface area (Å²) < 4.78 is 1.46. The van der Waals surface area contributed by atoms with Crippen LogP contribution in [-0.4, -0.2) is 21.4 Å². The average Bonchev–Trinajstić information content (AvgIpc) is 2.44. The Hall–Kier alpha value is -1.85. The molecule has 20 heavy (non-hydrogen) atoms. The summed E-state index contributed by atoms with van der Waals surface area (Å²) >= 11 is 12.0. The Balaban J connectivity index is 2.27. The smallest absolute Gasteiger partial charge is 0.278 e. The molecule has 0 fully saturated rings. The number of anilines is 1. The van der Waals surface area contributed by atoms with Gasteiger partial charge in [0.05, 0.1) is 11.2 Å². The van der Waals surface area contributed by atoms with E-state index < -0.39 is 5.62 Å². The van der Waals surface area contributed by atoms with Crippen LogP contribution in [0.25, 0.3) is 11.3 Å². The van der Waals surface area contributed by atoms with E-state index in [1.807, 2.05) is 6.07 Å². The highest BCUT2D eigenvalue weighted by atomic mass is 35.5. The Labute approximate surface area is 124 Å². The topological polar surface area (TPSA) is 59.3 Å². The predicted octanol–water partition coefficient (Wildman–Crippen LogP) is 2.47. The van der Waals surface area contributed by atoms with Gasteiger partial charge in [-0.2, -0.15) is 0 Å². The molecule has 0 spiro atoms. The second-order valence-corrected chi connectivity index (χ2v) is 5.12. The van der Waals surface area contributed by atoms with Gasteiger partial charge in [-0.15, -0.1) is 0 Å². The maximum atomic E-state index is 12.4. The third-order valence-corrected chi connectivity index (χ3v) is 3.58. The van der Waals surface area contributed by atoms with Gasteiger partial charge in [-0.25, -0.2) is 4.98 Å². The summed E-state index contributed by atoms with van der Waals surface area (Å²) in [4.78, 5) is 20.8. The molecular formula is C13H10Cl2N4O. The van der Waals surface area contributed by atoms with Crippen molar-refractivity contribution >= 4 is 35.2 Å². The van der Waals surface area contributed by atoms with Gasteiger partial charge in [-0.05, 0) is 6.07 Å². The monoisotopic (exact) mass is 308 g/mol. The van der Waals surface area contributed by atoms with Gasteiger partial charge >= 0.3 is 0 Å². The molecule has 0 bridgehead atoms. The highest BCUT2D eigenvalue weighted by Crippen LogP contribution is 2.26. The molecule has 1 N–H and O–H groups in total. The number of halogens is 2. The zero-order chi connectivity index (χ0) is 14.3. The molecule has 1 aromatic heterocycles. The molecule has 0 saturated carbocycles. The number of aliphatic imine (C=N–C) groups is 1. The number of rotatable bonds is 1. The van der Waals surface area contributed by atoms with Crippen molar-refractivity contribution in [3.8, 4) is 11.3 Å². The van der Waals surface area contributed by atoms with E-state index in [1.54, 1.807) is 31.5 Å². The highest BCUT2D eigenvalue weighted by Gasteiger charge is 2.20. The van der Waals surface area contributed by atoms with E-state index in [-0.39, 0.29) is 11.3 Å². The fourth-order valence-corrected chi connectivity index (χ4v) is 2.41. The number of hydrogen-bond donors (Lipinski definition) is 1. The van der Waals surface area contributed by atoms with Crippen molar-refractivity contribution in [3.63, 3.8) is 0 Å². The van der Waals surface area contributed by atoms with Crippen molar-refractivity contribution in [2.24, 2.45) is 12.0 Å². The van der Waals surface area contributed by atoms with Crippen LogP contribution in [0.2, 0.25) is 5.02 Å². The minimum atomic E-state index is -0.596. The lowest BCUT2D eigenvalue weighted by Crippen LogP contribution is -2.29. The van der Waals surface area contributed by atoms with Crippen LogP contribution in [0.1, 0.15) is 5.69 Å². The average molecular weight is 309 g/mol. The van der Waals surface area contributed by atoms with E-state index in [2.05, 4.69) is 15.3 Å². The van der Waals surface area contributed by atoms with Crippen LogP contribution in [0.3, 0.4) is 0 Å². The van der Waals surface area contributed by atoms with E-state index in [0.29, 0.717) is 22.1 Å². The molecule has 1 atom stereocenters. The molecule has 1 aliphatic rings. The summed E-state index contributed by atoms with van der Waals surface area (Å²) in [6, 6.07) is 7.09. The number of benzene rings is 1. The second kappa shape index (κ2) is 4.92. The fraction of sp³-hybridized carbons (Fsp3) is 0.154. The molecule has 0 radical (unpaired) electrons. The van der Waals surface area contributed by atoms with Crippen molar-refractivity contribution in [2.45, 2.75) is 5.62 Å². The van der Waals surface area contributed by atoms with Gasteiger partial charge < -0.3 is 5.32 Å². The Bertz CT molecular complexity index is 769. The van der Waals surface area contributed by atoms with E-state index in [1.165, 1.54) is 4.57 Å². The van der Waals surface area contributed by atoms with Crippen LogP contribution >= 0.6 is 23.2 Å². The van der Waals surface area contributed by atoms with Gasteiger partial charge in [-0.3, -0.25) is 14.4 Å². The van der Waals surface area contributed by atoms with Crippen molar-refractivity contribution in [1.29, 1.82) is 0 Å². The van der Waals surface area contributed by atoms with Gasteiger partial charge in [0, 0.05) is 12.6 Å². The zero-order valence-corrected chi connectivity index (χ0v) is 12.0. The lowest BCUT2D eigenvalue weighted by molar-refractivity contribution is 0.823. The summed E-state index contributed by atoms with van der Waals surface area (Å²) in [6.07, 6.45) is 1.54. The van der Waals surface area contributed by atoms with Crippen LogP contribution < -0.4 is 10.9 Å². The maximum absolute atomic E-state index is 12.4. The summed E-state index contributed by atoms with van der Waals surface area (Å²) in [5.74, 6) is 0.542. The molecule has 3 rings (SSSR count). The van der Waals surface area contributed by atoms with Crippen molar-refractivity contribution < 1.29 is 0 Å². The Morgan fingerprint density at radius 3 is 2.85 bits per heavy atom. The van der Waals surface area contributed by atoms with Crippen molar-refractivity contribution in [1.82, 2.24) is 9.55 Å². The van der Waals surface area contributed by atoms with Crippen LogP contribution in [0.5, 0.6) is 0 Å². The maximum Gasteiger partial charge on any atom is 0.278 e. The Morgan fingerprint density at radius 1 is 1.35 bits per heavy atom. The number of nitrogens with one attached hydrogen (secondary N) is 1. The van der Waals surface area contributed by atoms with Gasteiger partial charge in [0.25, 0.3) is 5.56 Å². The molecule has 2 aromatic rings. The second-order valence-electron chi connectivity index (χ2n) is 4.30. The van der Waals surface area contributed by atoms with Crippen molar-refractivity contribution in [2.75, 3.05) is 5.32 Å². The molecule has 1 unspecified atom stereocenters. The van der Waals surface area contributed by atoms with E-state index in [4.69, 9.17) is 23.2 Å². The Kier molecular flexibility index (Phi) is 3.23. The van der Waals surface area contributed by atoms with Crippen LogP contribution in [0.15, 0.2) is 34.1 Å². The molecule has 1 aromatic carbocycles. The minimum Gasteiger partial charge on any atom is -0.335 e. The minimum absolute atomic E-state index is 0.247. The number of hydrogen-bond acceptors (Lipinski definition) is 4. The number of fused-ring (bicyclic) bond motifs is 1. The molecule has 0 aliphatic carbocycles. The summed E-state index contributed by atoms with van der Waals surface area (Å²) in [5, 5.41) is 3.38. The first kappa shape index (κ1) is 13.1.